The maximum atomic E-state index is 11.5. The molecule has 21 heavy (non-hydrogen) atoms. The van der Waals surface area contributed by atoms with E-state index < -0.39 is 0 Å². The first kappa shape index (κ1) is 16.5. The van der Waals surface area contributed by atoms with Gasteiger partial charge in [0.2, 0.25) is 5.91 Å². The Labute approximate surface area is 136 Å². The number of aryl methyl sites for hydroxylation is 1. The van der Waals surface area contributed by atoms with Gasteiger partial charge in [0.15, 0.2) is 0 Å². The monoisotopic (exact) mass is 352 g/mol. The van der Waals surface area contributed by atoms with Crippen molar-refractivity contribution < 1.29 is 4.79 Å². The summed E-state index contributed by atoms with van der Waals surface area (Å²) < 4.78 is 1.07. The molecule has 1 aromatic rings. The summed E-state index contributed by atoms with van der Waals surface area (Å²) in [5.41, 5.74) is 3.25. The van der Waals surface area contributed by atoms with Crippen molar-refractivity contribution in [2.75, 3.05) is 12.4 Å². The van der Waals surface area contributed by atoms with Crippen LogP contribution in [0, 0.1) is 6.92 Å². The summed E-state index contributed by atoms with van der Waals surface area (Å²) in [6, 6.07) is 4.84. The fourth-order valence-electron chi connectivity index (χ4n) is 3.21. The Bertz CT molecular complexity index is 510. The van der Waals surface area contributed by atoms with Crippen LogP contribution in [0.1, 0.15) is 50.2 Å². The molecule has 2 rings (SSSR count). The maximum absolute atomic E-state index is 11.5. The number of halogens is 1. The largest absolute Gasteiger partial charge is 0.326 e. The highest BCUT2D eigenvalue weighted by molar-refractivity contribution is 9.10. The molecule has 3 nitrogen and oxygen atoms in total. The van der Waals surface area contributed by atoms with Gasteiger partial charge >= 0.3 is 0 Å². The topological polar surface area (TPSA) is 32.3 Å². The molecule has 0 saturated heterocycles. The van der Waals surface area contributed by atoms with E-state index in [9.17, 15) is 4.79 Å². The quantitative estimate of drug-likeness (QED) is 0.866. The molecule has 1 saturated carbocycles. The zero-order chi connectivity index (χ0) is 15.4. The molecule has 1 aliphatic rings. The number of carbonyl (C=O) groups excluding carboxylic acids is 1. The van der Waals surface area contributed by atoms with Gasteiger partial charge in [-0.25, -0.2) is 0 Å². The average Bonchev–Trinajstić information content (AvgIpc) is 2.43. The van der Waals surface area contributed by atoms with Crippen molar-refractivity contribution in [3.05, 3.63) is 27.7 Å². The number of amides is 1. The van der Waals surface area contributed by atoms with E-state index in [0.717, 1.165) is 22.3 Å². The summed E-state index contributed by atoms with van der Waals surface area (Å²) >= 11 is 3.57. The molecule has 0 radical (unpaired) electrons. The van der Waals surface area contributed by atoms with Crippen molar-refractivity contribution >= 4 is 27.5 Å². The van der Waals surface area contributed by atoms with Crippen LogP contribution >= 0.6 is 15.9 Å². The van der Waals surface area contributed by atoms with E-state index in [1.54, 1.807) is 6.92 Å². The lowest BCUT2D eigenvalue weighted by molar-refractivity contribution is -0.114. The molecule has 1 aromatic carbocycles. The first-order chi connectivity index (χ1) is 9.97. The van der Waals surface area contributed by atoms with Crippen LogP contribution in [0.4, 0.5) is 5.69 Å². The minimum absolute atomic E-state index is 0.0120. The van der Waals surface area contributed by atoms with Crippen LogP contribution in [-0.4, -0.2) is 23.9 Å². The Morgan fingerprint density at radius 3 is 2.62 bits per heavy atom. The van der Waals surface area contributed by atoms with Gasteiger partial charge in [0.1, 0.15) is 0 Å². The summed E-state index contributed by atoms with van der Waals surface area (Å²) in [6.45, 7) is 4.48. The summed E-state index contributed by atoms with van der Waals surface area (Å²) in [7, 11) is 2.20. The van der Waals surface area contributed by atoms with Crippen molar-refractivity contribution in [2.45, 2.75) is 58.5 Å². The van der Waals surface area contributed by atoms with Gasteiger partial charge in [-0.05, 0) is 50.1 Å². The number of carbonyl (C=O) groups is 1. The van der Waals surface area contributed by atoms with Crippen LogP contribution in [0.25, 0.3) is 0 Å². The van der Waals surface area contributed by atoms with Gasteiger partial charge in [-0.15, -0.1) is 0 Å². The van der Waals surface area contributed by atoms with E-state index in [1.165, 1.54) is 37.7 Å². The minimum atomic E-state index is -0.0120. The Morgan fingerprint density at radius 1 is 1.33 bits per heavy atom. The molecule has 4 heteroatoms. The Balaban J connectivity index is 2.18. The van der Waals surface area contributed by atoms with Gasteiger partial charge < -0.3 is 5.32 Å². The van der Waals surface area contributed by atoms with Gasteiger partial charge in [-0.1, -0.05) is 35.2 Å². The third-order valence-corrected chi connectivity index (χ3v) is 4.76. The predicted octanol–water partition coefficient (Wildman–Crippen LogP) is 4.48. The number of rotatable bonds is 4. The van der Waals surface area contributed by atoms with Crippen LogP contribution in [0.3, 0.4) is 0 Å². The van der Waals surface area contributed by atoms with E-state index >= 15 is 0 Å². The standard InChI is InChI=1S/C17H25BrN2O/c1-12-9-15(18)10-14(17(12)19-13(2)21)11-20(3)16-7-5-4-6-8-16/h9-10,16H,4-8,11H2,1-3H3,(H,19,21). The fourth-order valence-corrected chi connectivity index (χ4v) is 3.83. The number of benzene rings is 1. The van der Waals surface area contributed by atoms with E-state index in [-0.39, 0.29) is 5.91 Å². The zero-order valence-electron chi connectivity index (χ0n) is 13.2. The van der Waals surface area contributed by atoms with Gasteiger partial charge in [0.05, 0.1) is 0 Å². The molecule has 1 N–H and O–H groups in total. The second-order valence-electron chi connectivity index (χ2n) is 6.14. The van der Waals surface area contributed by atoms with Crippen LogP contribution in [0.2, 0.25) is 0 Å². The van der Waals surface area contributed by atoms with Crippen molar-refractivity contribution in [3.63, 3.8) is 0 Å². The minimum Gasteiger partial charge on any atom is -0.326 e. The highest BCUT2D eigenvalue weighted by Crippen LogP contribution is 2.29. The molecule has 0 aromatic heterocycles. The van der Waals surface area contributed by atoms with E-state index in [1.807, 2.05) is 6.92 Å². The fraction of sp³-hybridized carbons (Fsp3) is 0.588. The Morgan fingerprint density at radius 2 is 2.00 bits per heavy atom. The van der Waals surface area contributed by atoms with Gasteiger partial charge in [-0.2, -0.15) is 0 Å². The molecule has 1 fully saturated rings. The lowest BCUT2D eigenvalue weighted by Crippen LogP contribution is -2.33. The molecule has 0 unspecified atom stereocenters. The van der Waals surface area contributed by atoms with Gasteiger partial charge in [-0.3, -0.25) is 9.69 Å². The highest BCUT2D eigenvalue weighted by atomic mass is 79.9. The van der Waals surface area contributed by atoms with Crippen molar-refractivity contribution in [2.24, 2.45) is 0 Å². The molecule has 0 spiro atoms. The maximum Gasteiger partial charge on any atom is 0.221 e. The molecule has 116 valence electrons. The van der Waals surface area contributed by atoms with Crippen LogP contribution in [0.5, 0.6) is 0 Å². The van der Waals surface area contributed by atoms with Gasteiger partial charge in [0, 0.05) is 29.7 Å². The third kappa shape index (κ3) is 4.55. The number of nitrogens with zero attached hydrogens (tertiary/aromatic N) is 1. The van der Waals surface area contributed by atoms with Crippen LogP contribution in [0.15, 0.2) is 16.6 Å². The summed E-state index contributed by atoms with van der Waals surface area (Å²) in [4.78, 5) is 13.9. The number of nitrogens with one attached hydrogen (secondary N) is 1. The second-order valence-corrected chi connectivity index (χ2v) is 7.06. The van der Waals surface area contributed by atoms with Crippen LogP contribution < -0.4 is 5.32 Å². The molecule has 0 aliphatic heterocycles. The molecular formula is C17H25BrN2O. The normalized spacial score (nSPS) is 16.2. The second kappa shape index (κ2) is 7.41. The van der Waals surface area contributed by atoms with Crippen LogP contribution in [-0.2, 0) is 11.3 Å². The Hall–Kier alpha value is -0.870. The average molecular weight is 353 g/mol. The van der Waals surface area contributed by atoms with E-state index in [0.29, 0.717) is 6.04 Å². The molecule has 0 bridgehead atoms. The van der Waals surface area contributed by atoms with Crippen molar-refractivity contribution in [1.29, 1.82) is 0 Å². The smallest absolute Gasteiger partial charge is 0.221 e. The number of hydrogen-bond donors (Lipinski definition) is 1. The summed E-state index contributed by atoms with van der Waals surface area (Å²) in [5.74, 6) is -0.0120. The highest BCUT2D eigenvalue weighted by Gasteiger charge is 2.19. The molecule has 1 amide bonds. The lowest BCUT2D eigenvalue weighted by atomic mass is 9.94. The number of hydrogen-bond acceptors (Lipinski definition) is 2. The molecular weight excluding hydrogens is 328 g/mol. The molecule has 0 atom stereocenters. The summed E-state index contributed by atoms with van der Waals surface area (Å²) in [6.07, 6.45) is 6.63. The van der Waals surface area contributed by atoms with E-state index in [2.05, 4.69) is 45.3 Å². The first-order valence-electron chi connectivity index (χ1n) is 7.74. The summed E-state index contributed by atoms with van der Waals surface area (Å²) in [5, 5.41) is 2.99. The van der Waals surface area contributed by atoms with Crippen molar-refractivity contribution in [1.82, 2.24) is 4.90 Å². The number of anilines is 1. The Kier molecular flexibility index (Phi) is 5.82. The lowest BCUT2D eigenvalue weighted by Gasteiger charge is -2.32. The third-order valence-electron chi connectivity index (χ3n) is 4.30. The predicted molar refractivity (Wildman–Crippen MR) is 91.5 cm³/mol. The molecule has 1 aliphatic carbocycles. The first-order valence-corrected chi connectivity index (χ1v) is 8.53. The van der Waals surface area contributed by atoms with Gasteiger partial charge in [0.25, 0.3) is 0 Å². The SMILES string of the molecule is CC(=O)Nc1c(C)cc(Br)cc1CN(C)C1CCCCC1. The van der Waals surface area contributed by atoms with Crippen molar-refractivity contribution in [3.8, 4) is 0 Å². The molecule has 0 heterocycles. The van der Waals surface area contributed by atoms with E-state index in [4.69, 9.17) is 0 Å². The zero-order valence-corrected chi connectivity index (χ0v) is 14.8.